The monoisotopic (exact) mass is 257 g/mol. The predicted molar refractivity (Wildman–Crippen MR) is 48.6 cm³/mol. The maximum Gasteiger partial charge on any atom is 0.268 e. The summed E-state index contributed by atoms with van der Waals surface area (Å²) in [6, 6.07) is 0. The molecule has 0 unspecified atom stereocenters. The maximum atomic E-state index is 12.5. The molecule has 0 saturated carbocycles. The lowest BCUT2D eigenvalue weighted by Crippen LogP contribution is -2.04. The van der Waals surface area contributed by atoms with E-state index in [4.69, 9.17) is 15.8 Å². The molecule has 1 N–H and O–H groups in total. The number of aryl methyl sites for hydroxylation is 1. The molecule has 15 heavy (non-hydrogen) atoms. The van der Waals surface area contributed by atoms with Crippen molar-refractivity contribution in [1.29, 1.82) is 0 Å². The van der Waals surface area contributed by atoms with Gasteiger partial charge in [-0.3, -0.25) is 4.98 Å². The van der Waals surface area contributed by atoms with Gasteiger partial charge in [0.1, 0.15) is 10.6 Å². The molecule has 1 aromatic rings. The molecule has 0 atom stereocenters. The summed E-state index contributed by atoms with van der Waals surface area (Å²) in [5.74, 6) is -0.894. The molecule has 0 fully saturated rings. The molecule has 1 aromatic heterocycles. The Morgan fingerprint density at radius 2 is 2.07 bits per heavy atom. The Hall–Kier alpha value is -0.950. The molecule has 0 radical (unpaired) electrons. The van der Waals surface area contributed by atoms with Crippen molar-refractivity contribution in [2.45, 2.75) is 18.2 Å². The highest BCUT2D eigenvalue weighted by Crippen LogP contribution is 2.36. The van der Waals surface area contributed by atoms with Crippen LogP contribution in [0.25, 0.3) is 0 Å². The standard InChI is InChI=1S/C7H6ClF2NO3S/c1-3-6(15(8,13)14)5(7(9)10)4(12)2-11-3/h2,7,12H,1H3. The van der Waals surface area contributed by atoms with Gasteiger partial charge in [-0.1, -0.05) is 0 Å². The summed E-state index contributed by atoms with van der Waals surface area (Å²) in [6.07, 6.45) is -2.39. The van der Waals surface area contributed by atoms with Crippen molar-refractivity contribution in [2.24, 2.45) is 0 Å². The SMILES string of the molecule is Cc1ncc(O)c(C(F)F)c1S(=O)(=O)Cl. The number of hydrogen-bond acceptors (Lipinski definition) is 4. The molecule has 0 bridgehead atoms. The minimum absolute atomic E-state index is 0.182. The van der Waals surface area contributed by atoms with Crippen LogP contribution in [0.2, 0.25) is 0 Å². The molecule has 0 saturated heterocycles. The fourth-order valence-electron chi connectivity index (χ4n) is 1.12. The zero-order chi connectivity index (χ0) is 11.8. The zero-order valence-corrected chi connectivity index (χ0v) is 8.98. The number of aromatic nitrogens is 1. The van der Waals surface area contributed by atoms with Crippen LogP contribution in [0.4, 0.5) is 8.78 Å². The van der Waals surface area contributed by atoms with Crippen LogP contribution >= 0.6 is 10.7 Å². The van der Waals surface area contributed by atoms with E-state index in [1.54, 1.807) is 0 Å². The zero-order valence-electron chi connectivity index (χ0n) is 7.41. The number of aromatic hydroxyl groups is 1. The fraction of sp³-hybridized carbons (Fsp3) is 0.286. The van der Waals surface area contributed by atoms with Crippen molar-refractivity contribution < 1.29 is 22.3 Å². The number of hydrogen-bond donors (Lipinski definition) is 1. The smallest absolute Gasteiger partial charge is 0.268 e. The minimum atomic E-state index is -4.36. The van der Waals surface area contributed by atoms with Gasteiger partial charge >= 0.3 is 0 Å². The summed E-state index contributed by atoms with van der Waals surface area (Å²) in [4.78, 5) is 2.61. The second-order valence-corrected chi connectivity index (χ2v) is 5.21. The molecule has 0 aromatic carbocycles. The van der Waals surface area contributed by atoms with Crippen LogP contribution in [0.15, 0.2) is 11.1 Å². The molecule has 1 heterocycles. The lowest BCUT2D eigenvalue weighted by atomic mass is 10.2. The normalized spacial score (nSPS) is 12.1. The van der Waals surface area contributed by atoms with Gasteiger partial charge in [0.2, 0.25) is 0 Å². The quantitative estimate of drug-likeness (QED) is 0.823. The third-order valence-corrected chi connectivity index (χ3v) is 3.16. The Labute approximate surface area is 88.9 Å². The predicted octanol–water partition coefficient (Wildman–Crippen LogP) is 1.96. The molecule has 4 nitrogen and oxygen atoms in total. The minimum Gasteiger partial charge on any atom is -0.506 e. The fourth-order valence-corrected chi connectivity index (χ4v) is 2.56. The highest BCUT2D eigenvalue weighted by molar-refractivity contribution is 8.13. The summed E-state index contributed by atoms with van der Waals surface area (Å²) >= 11 is 0. The van der Waals surface area contributed by atoms with Gasteiger partial charge in [-0.15, -0.1) is 0 Å². The van der Waals surface area contributed by atoms with Crippen molar-refractivity contribution in [3.8, 4) is 5.75 Å². The molecule has 0 aliphatic carbocycles. The van der Waals surface area contributed by atoms with E-state index in [9.17, 15) is 17.2 Å². The van der Waals surface area contributed by atoms with Crippen molar-refractivity contribution in [3.63, 3.8) is 0 Å². The average Bonchev–Trinajstić information content (AvgIpc) is 2.05. The van der Waals surface area contributed by atoms with Crippen LogP contribution < -0.4 is 0 Å². The van der Waals surface area contributed by atoms with Crippen molar-refractivity contribution in [3.05, 3.63) is 17.5 Å². The number of alkyl halides is 2. The second-order valence-electron chi connectivity index (χ2n) is 2.71. The molecule has 8 heteroatoms. The van der Waals surface area contributed by atoms with Gasteiger partial charge in [-0.2, -0.15) is 0 Å². The molecule has 84 valence electrons. The van der Waals surface area contributed by atoms with Crippen molar-refractivity contribution in [1.82, 2.24) is 4.98 Å². The molecular weight excluding hydrogens is 252 g/mol. The van der Waals surface area contributed by atoms with E-state index in [0.29, 0.717) is 0 Å². The van der Waals surface area contributed by atoms with Gasteiger partial charge < -0.3 is 5.11 Å². The first kappa shape index (κ1) is 12.1. The highest BCUT2D eigenvalue weighted by atomic mass is 35.7. The molecule has 1 rings (SSSR count). The lowest BCUT2D eigenvalue weighted by molar-refractivity contribution is 0.143. The van der Waals surface area contributed by atoms with Crippen LogP contribution in [-0.2, 0) is 9.05 Å². The van der Waals surface area contributed by atoms with Crippen LogP contribution in [0.3, 0.4) is 0 Å². The molecular formula is C7H6ClF2NO3S. The van der Waals surface area contributed by atoms with Crippen molar-refractivity contribution >= 4 is 19.7 Å². The van der Waals surface area contributed by atoms with Crippen LogP contribution in [-0.4, -0.2) is 18.5 Å². The van der Waals surface area contributed by atoms with E-state index in [2.05, 4.69) is 4.98 Å². The third kappa shape index (κ3) is 2.35. The van der Waals surface area contributed by atoms with Gasteiger partial charge in [-0.25, -0.2) is 17.2 Å². The van der Waals surface area contributed by atoms with E-state index in [0.717, 1.165) is 6.20 Å². The van der Waals surface area contributed by atoms with E-state index in [1.165, 1.54) is 6.92 Å². The maximum absolute atomic E-state index is 12.5. The summed E-state index contributed by atoms with van der Waals surface area (Å²) in [6.45, 7) is 1.21. The van der Waals surface area contributed by atoms with Crippen LogP contribution in [0, 0.1) is 6.92 Å². The third-order valence-electron chi connectivity index (χ3n) is 1.69. The Kier molecular flexibility index (Phi) is 3.15. The molecule has 0 amide bonds. The largest absolute Gasteiger partial charge is 0.506 e. The van der Waals surface area contributed by atoms with Gasteiger partial charge in [0.05, 0.1) is 17.5 Å². The van der Waals surface area contributed by atoms with E-state index in [-0.39, 0.29) is 5.69 Å². The van der Waals surface area contributed by atoms with E-state index in [1.807, 2.05) is 0 Å². The average molecular weight is 258 g/mol. The van der Waals surface area contributed by atoms with Crippen LogP contribution in [0.1, 0.15) is 17.7 Å². The first-order valence-corrected chi connectivity index (χ1v) is 5.97. The molecule has 0 aliphatic rings. The highest BCUT2D eigenvalue weighted by Gasteiger charge is 2.28. The van der Waals surface area contributed by atoms with Gasteiger partial charge in [-0.05, 0) is 6.92 Å². The Morgan fingerprint density at radius 3 is 2.40 bits per heavy atom. The summed E-state index contributed by atoms with van der Waals surface area (Å²) in [7, 11) is 0.611. The number of rotatable bonds is 2. The van der Waals surface area contributed by atoms with Gasteiger partial charge in [0.25, 0.3) is 15.5 Å². The van der Waals surface area contributed by atoms with Gasteiger partial charge in [0, 0.05) is 10.7 Å². The molecule has 0 aliphatic heterocycles. The summed E-state index contributed by atoms with van der Waals surface area (Å²) < 4.78 is 47.0. The van der Waals surface area contributed by atoms with Crippen LogP contribution in [0.5, 0.6) is 5.75 Å². The van der Waals surface area contributed by atoms with Crippen molar-refractivity contribution in [2.75, 3.05) is 0 Å². The lowest BCUT2D eigenvalue weighted by Gasteiger charge is -2.09. The van der Waals surface area contributed by atoms with E-state index >= 15 is 0 Å². The first-order chi connectivity index (χ1) is 6.75. The number of halogens is 3. The Morgan fingerprint density at radius 1 is 1.53 bits per heavy atom. The van der Waals surface area contributed by atoms with E-state index < -0.39 is 31.7 Å². The number of nitrogens with zero attached hydrogens (tertiary/aromatic N) is 1. The number of pyridine rings is 1. The Bertz CT molecular complexity index is 489. The van der Waals surface area contributed by atoms with Gasteiger partial charge in [0.15, 0.2) is 0 Å². The Balaban J connectivity index is 3.68. The molecule has 0 spiro atoms. The first-order valence-electron chi connectivity index (χ1n) is 3.66. The topological polar surface area (TPSA) is 67.3 Å². The summed E-state index contributed by atoms with van der Waals surface area (Å²) in [5, 5.41) is 9.08. The summed E-state index contributed by atoms with van der Waals surface area (Å²) in [5.41, 5.74) is -1.20. The second kappa shape index (κ2) is 3.90.